The topological polar surface area (TPSA) is 99.9 Å². The number of hydrogen-bond acceptors (Lipinski definition) is 8. The van der Waals surface area contributed by atoms with Crippen molar-refractivity contribution in [1.82, 2.24) is 19.7 Å². The number of carbonyl (C=O) groups is 1. The van der Waals surface area contributed by atoms with Crippen molar-refractivity contribution < 1.29 is 9.53 Å². The number of guanidine groups is 1. The van der Waals surface area contributed by atoms with E-state index in [1.807, 2.05) is 14.0 Å². The van der Waals surface area contributed by atoms with Crippen molar-refractivity contribution in [3.8, 4) is 17.1 Å². The first-order valence-corrected chi connectivity index (χ1v) is 14.6. The Bertz CT molecular complexity index is 1470. The standard InChI is InChI=1S/C31H40N8O2/c1-19-13-23-14-26(34-19)25-16-32-38(5)30(25)41-12-6-7-22(21-8-9-21)18-39-28-11-10-24(33-20(2)17-37(3)4)15-27(28)35-31(39)36-29(23)40/h10-11,13-16,20-22,33H,6-9,12,17-18H2,1-5H3,(H,35,36,40)/t20?,22-/m1/s1. The van der Waals surface area contributed by atoms with Crippen molar-refractivity contribution in [3.05, 3.63) is 47.8 Å². The minimum Gasteiger partial charge on any atom is -0.477 e. The molecule has 1 amide bonds. The Balaban J connectivity index is 1.37. The number of aliphatic imine (C=N–C) groups is 1. The maximum absolute atomic E-state index is 13.7. The molecule has 2 N–H and O–H groups in total. The smallest absolute Gasteiger partial charge is 0.280 e. The van der Waals surface area contributed by atoms with Crippen LogP contribution >= 0.6 is 0 Å². The molecule has 2 atom stereocenters. The second kappa shape index (κ2) is 11.2. The van der Waals surface area contributed by atoms with Crippen LogP contribution in [0.1, 0.15) is 48.7 Å². The van der Waals surface area contributed by atoms with E-state index in [1.54, 1.807) is 23.0 Å². The zero-order chi connectivity index (χ0) is 28.7. The number of anilines is 3. The maximum atomic E-state index is 13.7. The molecule has 2 aliphatic heterocycles. The second-order valence-corrected chi connectivity index (χ2v) is 12.0. The third-order valence-corrected chi connectivity index (χ3v) is 8.07. The molecule has 1 saturated carbocycles. The van der Waals surface area contributed by atoms with Crippen molar-refractivity contribution in [1.29, 1.82) is 0 Å². The molecule has 2 aromatic heterocycles. The summed E-state index contributed by atoms with van der Waals surface area (Å²) in [5.41, 5.74) is 5.72. The number of carbonyl (C=O) groups excluding carboxylic acids is 1. The molecule has 10 nitrogen and oxygen atoms in total. The number of hydrogen-bond donors (Lipinski definition) is 2. The molecule has 216 valence electrons. The predicted octanol–water partition coefficient (Wildman–Crippen LogP) is 4.78. The lowest BCUT2D eigenvalue weighted by Gasteiger charge is -2.26. The van der Waals surface area contributed by atoms with Gasteiger partial charge >= 0.3 is 0 Å². The Morgan fingerprint density at radius 2 is 2.00 bits per heavy atom. The van der Waals surface area contributed by atoms with Crippen LogP contribution in [0, 0.1) is 18.8 Å². The highest BCUT2D eigenvalue weighted by Gasteiger charge is 2.36. The number of benzene rings is 1. The lowest BCUT2D eigenvalue weighted by molar-refractivity contribution is 0.100. The molecule has 1 unspecified atom stereocenters. The van der Waals surface area contributed by atoms with E-state index in [0.717, 1.165) is 54.3 Å². The fourth-order valence-corrected chi connectivity index (χ4v) is 6.07. The van der Waals surface area contributed by atoms with Crippen molar-refractivity contribution >= 4 is 28.9 Å². The Morgan fingerprint density at radius 3 is 2.78 bits per heavy atom. The van der Waals surface area contributed by atoms with Gasteiger partial charge in [0.05, 0.1) is 35.4 Å². The average Bonchev–Trinajstić information content (AvgIpc) is 3.62. The number of nitrogens with zero attached hydrogens (tertiary/aromatic N) is 6. The van der Waals surface area contributed by atoms with E-state index in [9.17, 15) is 4.79 Å². The Labute approximate surface area is 241 Å². The summed E-state index contributed by atoms with van der Waals surface area (Å²) in [6, 6.07) is 10.3. The van der Waals surface area contributed by atoms with Gasteiger partial charge in [-0.3, -0.25) is 9.78 Å². The monoisotopic (exact) mass is 556 g/mol. The molecule has 6 rings (SSSR count). The second-order valence-electron chi connectivity index (χ2n) is 12.0. The molecule has 1 aromatic carbocycles. The number of fused-ring (bicyclic) bond motifs is 7. The maximum Gasteiger partial charge on any atom is 0.280 e. The summed E-state index contributed by atoms with van der Waals surface area (Å²) in [6.07, 6.45) is 6.23. The van der Waals surface area contributed by atoms with Crippen LogP contribution in [0.5, 0.6) is 5.88 Å². The van der Waals surface area contributed by atoms with E-state index in [4.69, 9.17) is 9.72 Å². The van der Waals surface area contributed by atoms with Crippen LogP contribution in [-0.4, -0.2) is 71.4 Å². The molecule has 0 saturated heterocycles. The third kappa shape index (κ3) is 5.93. The van der Waals surface area contributed by atoms with Crippen LogP contribution in [0.3, 0.4) is 0 Å². The first-order chi connectivity index (χ1) is 19.7. The van der Waals surface area contributed by atoms with Gasteiger partial charge in [0.25, 0.3) is 5.91 Å². The number of pyridine rings is 1. The van der Waals surface area contributed by atoms with Gasteiger partial charge < -0.3 is 25.2 Å². The first kappa shape index (κ1) is 27.3. The summed E-state index contributed by atoms with van der Waals surface area (Å²) in [5, 5.41) is 11.5. The largest absolute Gasteiger partial charge is 0.477 e. The van der Waals surface area contributed by atoms with Crippen LogP contribution < -0.4 is 20.3 Å². The summed E-state index contributed by atoms with van der Waals surface area (Å²) >= 11 is 0. The average molecular weight is 557 g/mol. The van der Waals surface area contributed by atoms with Gasteiger partial charge in [0.2, 0.25) is 11.8 Å². The Morgan fingerprint density at radius 1 is 1.17 bits per heavy atom. The van der Waals surface area contributed by atoms with Gasteiger partial charge in [0.1, 0.15) is 0 Å². The summed E-state index contributed by atoms with van der Waals surface area (Å²) in [4.78, 5) is 27.4. The van der Waals surface area contributed by atoms with Crippen LogP contribution in [0.4, 0.5) is 17.1 Å². The first-order valence-electron chi connectivity index (χ1n) is 14.6. The number of ether oxygens (including phenoxy) is 1. The minimum atomic E-state index is -0.306. The SMILES string of the molecule is Cc1cc2cc(n1)-c1cnn(C)c1OCCC[C@@H](C1CC1)CN1/C(=N/C2=O)Nc2cc(NC(C)CN(C)C)ccc21. The molecule has 3 aromatic rings. The van der Waals surface area contributed by atoms with Gasteiger partial charge in [0.15, 0.2) is 0 Å². The summed E-state index contributed by atoms with van der Waals surface area (Å²) in [5.74, 6) is 2.11. The van der Waals surface area contributed by atoms with E-state index in [0.29, 0.717) is 47.6 Å². The highest BCUT2D eigenvalue weighted by atomic mass is 16.5. The molecule has 1 aliphatic carbocycles. The van der Waals surface area contributed by atoms with E-state index in [2.05, 4.69) is 69.7 Å². The van der Waals surface area contributed by atoms with E-state index < -0.39 is 0 Å². The molecular formula is C31H40N8O2. The van der Waals surface area contributed by atoms with Crippen LogP contribution in [-0.2, 0) is 7.05 Å². The van der Waals surface area contributed by atoms with E-state index in [1.165, 1.54) is 12.8 Å². The van der Waals surface area contributed by atoms with Crippen LogP contribution in [0.2, 0.25) is 0 Å². The molecule has 2 bridgehead atoms. The zero-order valence-corrected chi connectivity index (χ0v) is 24.6. The van der Waals surface area contributed by atoms with Crippen molar-refractivity contribution in [3.63, 3.8) is 0 Å². The number of rotatable bonds is 5. The van der Waals surface area contributed by atoms with Crippen molar-refractivity contribution in [2.24, 2.45) is 23.9 Å². The highest BCUT2D eigenvalue weighted by molar-refractivity contribution is 6.19. The molecule has 1 fully saturated rings. The molecule has 0 radical (unpaired) electrons. The number of amides is 1. The zero-order valence-electron chi connectivity index (χ0n) is 24.6. The normalized spacial score (nSPS) is 20.9. The number of nitrogens with one attached hydrogen (secondary N) is 2. The fourth-order valence-electron chi connectivity index (χ4n) is 6.07. The van der Waals surface area contributed by atoms with E-state index >= 15 is 0 Å². The lowest BCUT2D eigenvalue weighted by atomic mass is 9.97. The molecular weight excluding hydrogens is 516 g/mol. The molecule has 41 heavy (non-hydrogen) atoms. The summed E-state index contributed by atoms with van der Waals surface area (Å²) in [7, 11) is 6.03. The third-order valence-electron chi connectivity index (χ3n) is 8.07. The molecule has 10 heteroatoms. The lowest BCUT2D eigenvalue weighted by Crippen LogP contribution is -2.36. The highest BCUT2D eigenvalue weighted by Crippen LogP contribution is 2.43. The molecule has 0 spiro atoms. The summed E-state index contributed by atoms with van der Waals surface area (Å²) < 4.78 is 8.00. The van der Waals surface area contributed by atoms with Gasteiger partial charge in [-0.05, 0) is 95.8 Å². The molecule has 4 heterocycles. The van der Waals surface area contributed by atoms with Crippen molar-refractivity contribution in [2.45, 2.75) is 45.6 Å². The number of likely N-dealkylation sites (N-methyl/N-ethyl adjacent to an activating group) is 1. The van der Waals surface area contributed by atoms with Crippen LogP contribution in [0.15, 0.2) is 41.5 Å². The van der Waals surface area contributed by atoms with Crippen LogP contribution in [0.25, 0.3) is 11.3 Å². The Kier molecular flexibility index (Phi) is 7.42. The van der Waals surface area contributed by atoms with Crippen molar-refractivity contribution in [2.75, 3.05) is 49.3 Å². The van der Waals surface area contributed by atoms with Gasteiger partial charge in [-0.25, -0.2) is 4.68 Å². The van der Waals surface area contributed by atoms with E-state index in [-0.39, 0.29) is 5.91 Å². The quantitative estimate of drug-likeness (QED) is 0.463. The minimum absolute atomic E-state index is 0.291. The number of aromatic nitrogens is 3. The Hall–Kier alpha value is -3.92. The predicted molar refractivity (Wildman–Crippen MR) is 163 cm³/mol. The number of aryl methyl sites for hydroxylation is 2. The van der Waals surface area contributed by atoms with Gasteiger partial charge in [-0.15, -0.1) is 0 Å². The van der Waals surface area contributed by atoms with Gasteiger partial charge in [-0.2, -0.15) is 10.1 Å². The van der Waals surface area contributed by atoms with Gasteiger partial charge in [-0.1, -0.05) is 0 Å². The summed E-state index contributed by atoms with van der Waals surface area (Å²) in [6.45, 7) is 6.40. The fraction of sp³-hybridized carbons (Fsp3) is 0.484. The molecule has 3 aliphatic rings. The van der Waals surface area contributed by atoms with Gasteiger partial charge in [0, 0.05) is 43.1 Å².